The Labute approximate surface area is 95.3 Å². The third kappa shape index (κ3) is 7.31. The van der Waals surface area contributed by atoms with Gasteiger partial charge in [0.25, 0.3) is 0 Å². The van der Waals surface area contributed by atoms with Crippen molar-refractivity contribution >= 4 is 22.1 Å². The van der Waals surface area contributed by atoms with Gasteiger partial charge in [0.05, 0.1) is 18.4 Å². The van der Waals surface area contributed by atoms with Gasteiger partial charge in [-0.2, -0.15) is 0 Å². The summed E-state index contributed by atoms with van der Waals surface area (Å²) in [5.41, 5.74) is 0. The van der Waals surface area contributed by atoms with E-state index in [-0.39, 0.29) is 11.3 Å². The van der Waals surface area contributed by atoms with Crippen molar-refractivity contribution in [3.05, 3.63) is 0 Å². The summed E-state index contributed by atoms with van der Waals surface area (Å²) in [6, 6.07) is 0. The van der Waals surface area contributed by atoms with Gasteiger partial charge in [-0.15, -0.1) is 0 Å². The summed E-state index contributed by atoms with van der Waals surface area (Å²) >= 11 is 0.263. The monoisotopic (exact) mass is 232 g/mol. The van der Waals surface area contributed by atoms with Gasteiger partial charge in [-0.05, 0) is 12.8 Å². The van der Waals surface area contributed by atoms with Gasteiger partial charge in [0.2, 0.25) is 0 Å². The van der Waals surface area contributed by atoms with Crippen molar-refractivity contribution in [1.29, 1.82) is 0 Å². The van der Waals surface area contributed by atoms with E-state index in [1.54, 1.807) is 0 Å². The maximum Gasteiger partial charge on any atom is 0.347 e. The molecule has 0 spiro atoms. The molecule has 0 aliphatic rings. The molecule has 0 radical (unpaired) electrons. The van der Waals surface area contributed by atoms with Gasteiger partial charge in [0.15, 0.2) is 0 Å². The molecule has 0 fully saturated rings. The van der Waals surface area contributed by atoms with Crippen molar-refractivity contribution in [2.24, 2.45) is 0 Å². The minimum Gasteiger partial charge on any atom is -0.465 e. The van der Waals surface area contributed by atoms with E-state index in [1.807, 2.05) is 0 Å². The number of carbonyl (C=O) groups excluding carboxylic acids is 1. The second-order valence-electron chi connectivity index (χ2n) is 3.52. The van der Waals surface area contributed by atoms with Crippen molar-refractivity contribution < 1.29 is 13.7 Å². The van der Waals surface area contributed by atoms with Crippen LogP contribution in [-0.2, 0) is 20.8 Å². The van der Waals surface area contributed by atoms with Crippen LogP contribution in [0.2, 0.25) is 0 Å². The Morgan fingerprint density at radius 2 is 1.73 bits per heavy atom. The lowest BCUT2D eigenvalue weighted by molar-refractivity contribution is -0.132. The Morgan fingerprint density at radius 1 is 1.13 bits per heavy atom. The minimum absolute atomic E-state index is 0.263. The summed E-state index contributed by atoms with van der Waals surface area (Å²) in [7, 11) is 1.31. The highest BCUT2D eigenvalue weighted by Gasteiger charge is 2.09. The molecular formula is C11H20O3S. The van der Waals surface area contributed by atoms with Gasteiger partial charge in [0.1, 0.15) is 4.86 Å². The van der Waals surface area contributed by atoms with Crippen LogP contribution in [0.4, 0.5) is 0 Å². The van der Waals surface area contributed by atoms with Crippen LogP contribution in [-0.4, -0.2) is 22.2 Å². The second-order valence-corrected chi connectivity index (χ2v) is 4.18. The van der Waals surface area contributed by atoms with Crippen LogP contribution in [0.5, 0.6) is 0 Å². The fourth-order valence-electron chi connectivity index (χ4n) is 1.36. The molecule has 4 heteroatoms. The Bertz CT molecular complexity index is 232. The standard InChI is InChI=1S/C11H20O3S/c1-3-4-5-6-7-8-9-10(15-13)11(12)14-2/h3-9H2,1-2H3. The molecule has 0 aliphatic heterocycles. The van der Waals surface area contributed by atoms with Crippen molar-refractivity contribution in [2.45, 2.75) is 51.9 Å². The molecule has 15 heavy (non-hydrogen) atoms. The number of esters is 1. The Kier molecular flexibility index (Phi) is 9.48. The molecule has 0 aromatic carbocycles. The summed E-state index contributed by atoms with van der Waals surface area (Å²) in [6.07, 6.45) is 7.48. The number of rotatable bonds is 8. The van der Waals surface area contributed by atoms with Gasteiger partial charge < -0.3 is 4.74 Å². The Balaban J connectivity index is 3.57. The molecule has 3 nitrogen and oxygen atoms in total. The van der Waals surface area contributed by atoms with Crippen LogP contribution in [0.1, 0.15) is 51.9 Å². The molecule has 0 saturated carbocycles. The Hall–Kier alpha value is -0.640. The number of hydrogen-bond acceptors (Lipinski definition) is 3. The third-order valence-electron chi connectivity index (χ3n) is 2.27. The molecule has 0 atom stereocenters. The molecule has 0 heterocycles. The first kappa shape index (κ1) is 14.4. The van der Waals surface area contributed by atoms with E-state index in [2.05, 4.69) is 11.7 Å². The van der Waals surface area contributed by atoms with Crippen molar-refractivity contribution in [2.75, 3.05) is 7.11 Å². The topological polar surface area (TPSA) is 43.4 Å². The van der Waals surface area contributed by atoms with Gasteiger partial charge in [-0.1, -0.05) is 39.0 Å². The zero-order chi connectivity index (χ0) is 11.5. The first-order valence-corrected chi connectivity index (χ1v) is 6.24. The molecule has 0 unspecified atom stereocenters. The van der Waals surface area contributed by atoms with E-state index in [1.165, 1.54) is 32.8 Å². The summed E-state index contributed by atoms with van der Waals surface area (Å²) in [5, 5.41) is 0. The van der Waals surface area contributed by atoms with Crippen LogP contribution >= 0.6 is 0 Å². The van der Waals surface area contributed by atoms with Crippen molar-refractivity contribution in [1.82, 2.24) is 0 Å². The highest BCUT2D eigenvalue weighted by molar-refractivity contribution is 7.68. The molecule has 0 bridgehead atoms. The number of carbonyl (C=O) groups is 1. The lowest BCUT2D eigenvalue weighted by Crippen LogP contribution is -2.15. The highest BCUT2D eigenvalue weighted by Crippen LogP contribution is 2.07. The van der Waals surface area contributed by atoms with E-state index in [9.17, 15) is 9.00 Å². The predicted molar refractivity (Wildman–Crippen MR) is 63.2 cm³/mol. The maximum atomic E-state index is 11.0. The quantitative estimate of drug-likeness (QED) is 0.366. The number of ether oxygens (including phenoxy) is 1. The lowest BCUT2D eigenvalue weighted by Gasteiger charge is -2.01. The number of methoxy groups -OCH3 is 1. The van der Waals surface area contributed by atoms with E-state index in [0.717, 1.165) is 12.8 Å². The lowest BCUT2D eigenvalue weighted by atomic mass is 10.1. The van der Waals surface area contributed by atoms with Gasteiger partial charge in [-0.3, -0.25) is 0 Å². The number of unbranched alkanes of at least 4 members (excludes halogenated alkanes) is 5. The van der Waals surface area contributed by atoms with E-state index in [0.29, 0.717) is 11.3 Å². The fourth-order valence-corrected chi connectivity index (χ4v) is 1.74. The molecule has 0 N–H and O–H groups in total. The summed E-state index contributed by atoms with van der Waals surface area (Å²) in [6.45, 7) is 2.18. The normalized spacial score (nSPS) is 9.73. The molecule has 0 aliphatic carbocycles. The highest BCUT2D eigenvalue weighted by atomic mass is 32.1. The molecule has 0 saturated heterocycles. The first-order valence-electron chi connectivity index (χ1n) is 5.50. The molecular weight excluding hydrogens is 212 g/mol. The first-order chi connectivity index (χ1) is 7.26. The summed E-state index contributed by atoms with van der Waals surface area (Å²) < 4.78 is 15.1. The van der Waals surface area contributed by atoms with Crippen LogP contribution < -0.4 is 0 Å². The number of hydrogen-bond donors (Lipinski definition) is 0. The maximum absolute atomic E-state index is 11.0. The van der Waals surface area contributed by atoms with Crippen molar-refractivity contribution in [3.8, 4) is 0 Å². The van der Waals surface area contributed by atoms with E-state index in [4.69, 9.17) is 0 Å². The zero-order valence-corrected chi connectivity index (χ0v) is 10.4. The van der Waals surface area contributed by atoms with Crippen LogP contribution in [0, 0.1) is 0 Å². The van der Waals surface area contributed by atoms with E-state index >= 15 is 0 Å². The molecule has 0 rings (SSSR count). The third-order valence-corrected chi connectivity index (χ3v) is 2.84. The molecule has 0 aromatic heterocycles. The minimum atomic E-state index is -0.469. The van der Waals surface area contributed by atoms with Crippen LogP contribution in [0.25, 0.3) is 0 Å². The fraction of sp³-hybridized carbons (Fsp3) is 0.818. The largest absolute Gasteiger partial charge is 0.465 e. The van der Waals surface area contributed by atoms with Crippen LogP contribution in [0.15, 0.2) is 0 Å². The smallest absolute Gasteiger partial charge is 0.347 e. The summed E-state index contributed by atoms with van der Waals surface area (Å²) in [5.74, 6) is -0.469. The van der Waals surface area contributed by atoms with Gasteiger partial charge in [0, 0.05) is 0 Å². The molecule has 0 amide bonds. The predicted octanol–water partition coefficient (Wildman–Crippen LogP) is 2.30. The average Bonchev–Trinajstić information content (AvgIpc) is 2.27. The average molecular weight is 232 g/mol. The SMILES string of the molecule is CCCCCCCCC(=S=O)C(=O)OC. The molecule has 88 valence electrons. The zero-order valence-electron chi connectivity index (χ0n) is 9.58. The van der Waals surface area contributed by atoms with Gasteiger partial charge >= 0.3 is 5.97 Å². The molecule has 0 aromatic rings. The van der Waals surface area contributed by atoms with Crippen molar-refractivity contribution in [3.63, 3.8) is 0 Å². The Morgan fingerprint density at radius 3 is 2.27 bits per heavy atom. The van der Waals surface area contributed by atoms with Crippen LogP contribution in [0.3, 0.4) is 0 Å². The second kappa shape index (κ2) is 9.90. The summed E-state index contributed by atoms with van der Waals surface area (Å²) in [4.78, 5) is 11.3. The van der Waals surface area contributed by atoms with Gasteiger partial charge in [-0.25, -0.2) is 9.00 Å². The van der Waals surface area contributed by atoms with E-state index < -0.39 is 5.97 Å².